The molecule has 4 aliphatic rings. The summed E-state index contributed by atoms with van der Waals surface area (Å²) in [4.78, 5) is 0. The van der Waals surface area contributed by atoms with E-state index in [9.17, 15) is 5.11 Å². The van der Waals surface area contributed by atoms with E-state index < -0.39 is 0 Å². The molecule has 4 aliphatic carbocycles. The van der Waals surface area contributed by atoms with Gasteiger partial charge in [-0.05, 0) is 111 Å². The molecule has 1 heteroatoms. The quantitative estimate of drug-likeness (QED) is 0.437. The summed E-state index contributed by atoms with van der Waals surface area (Å²) in [6, 6.07) is 0. The fraction of sp³-hybridized carbons (Fsp3) is 0.867. The Morgan fingerprint density at radius 3 is 2.45 bits per heavy atom. The molecule has 1 unspecified atom stereocenters. The first-order valence-corrected chi connectivity index (χ1v) is 13.5. The minimum absolute atomic E-state index is 0.209. The van der Waals surface area contributed by atoms with Crippen LogP contribution in [0.5, 0.6) is 0 Å². The van der Waals surface area contributed by atoms with Crippen LogP contribution < -0.4 is 0 Å². The maximum absolute atomic E-state index is 9.31. The molecule has 6 atom stereocenters. The summed E-state index contributed by atoms with van der Waals surface area (Å²) in [5, 5.41) is 9.31. The molecule has 0 aromatic heterocycles. The SMILES string of the molecule is CC(=CCC[C@@H](C)[C@H]1CC[C@@]2(C)C3=C(CC[C@]12C)[C@@]1(C)CCCC(C)(C)C1CC3)CO. The molecule has 31 heavy (non-hydrogen) atoms. The van der Waals surface area contributed by atoms with E-state index in [0.29, 0.717) is 21.7 Å². The number of hydrogen-bond donors (Lipinski definition) is 1. The van der Waals surface area contributed by atoms with Gasteiger partial charge in [0.1, 0.15) is 0 Å². The summed E-state index contributed by atoms with van der Waals surface area (Å²) >= 11 is 0. The van der Waals surface area contributed by atoms with Crippen LogP contribution >= 0.6 is 0 Å². The Morgan fingerprint density at radius 1 is 1.00 bits per heavy atom. The van der Waals surface area contributed by atoms with E-state index in [2.05, 4.69) is 54.5 Å². The van der Waals surface area contributed by atoms with Gasteiger partial charge in [-0.25, -0.2) is 0 Å². The third-order valence-electron chi connectivity index (χ3n) is 11.6. The third kappa shape index (κ3) is 3.51. The number of aliphatic hydroxyl groups is 1. The van der Waals surface area contributed by atoms with Crippen LogP contribution in [0.15, 0.2) is 22.8 Å². The van der Waals surface area contributed by atoms with Crippen LogP contribution in [-0.2, 0) is 0 Å². The van der Waals surface area contributed by atoms with Gasteiger partial charge in [0.05, 0.1) is 6.61 Å². The maximum Gasteiger partial charge on any atom is 0.0639 e. The average molecular weight is 427 g/mol. The van der Waals surface area contributed by atoms with E-state index in [0.717, 1.165) is 29.7 Å². The van der Waals surface area contributed by atoms with Gasteiger partial charge < -0.3 is 5.11 Å². The van der Waals surface area contributed by atoms with Crippen molar-refractivity contribution in [1.82, 2.24) is 0 Å². The first-order valence-electron chi connectivity index (χ1n) is 13.5. The van der Waals surface area contributed by atoms with Crippen molar-refractivity contribution < 1.29 is 5.11 Å². The second-order valence-electron chi connectivity index (χ2n) is 13.5. The van der Waals surface area contributed by atoms with Crippen molar-refractivity contribution in [3.63, 3.8) is 0 Å². The van der Waals surface area contributed by atoms with Crippen LogP contribution in [0, 0.1) is 39.4 Å². The molecule has 0 radical (unpaired) electrons. The molecular formula is C30H50O. The van der Waals surface area contributed by atoms with Gasteiger partial charge in [0.15, 0.2) is 0 Å². The van der Waals surface area contributed by atoms with Crippen LogP contribution in [0.4, 0.5) is 0 Å². The Kier molecular flexibility index (Phi) is 6.11. The summed E-state index contributed by atoms with van der Waals surface area (Å²) in [5.41, 5.74) is 6.87. The minimum Gasteiger partial charge on any atom is -0.392 e. The van der Waals surface area contributed by atoms with Gasteiger partial charge >= 0.3 is 0 Å². The van der Waals surface area contributed by atoms with E-state index in [1.165, 1.54) is 64.2 Å². The number of hydrogen-bond acceptors (Lipinski definition) is 1. The van der Waals surface area contributed by atoms with Crippen molar-refractivity contribution in [1.29, 1.82) is 0 Å². The molecule has 0 heterocycles. The second kappa shape index (κ2) is 8.03. The van der Waals surface area contributed by atoms with E-state index >= 15 is 0 Å². The van der Waals surface area contributed by atoms with Gasteiger partial charge in [0.2, 0.25) is 0 Å². The predicted molar refractivity (Wildman–Crippen MR) is 133 cm³/mol. The van der Waals surface area contributed by atoms with Gasteiger partial charge in [-0.3, -0.25) is 0 Å². The zero-order valence-electron chi connectivity index (χ0n) is 21.7. The van der Waals surface area contributed by atoms with E-state index in [4.69, 9.17) is 0 Å². The van der Waals surface area contributed by atoms with Gasteiger partial charge in [-0.15, -0.1) is 0 Å². The summed E-state index contributed by atoms with van der Waals surface area (Å²) in [6.07, 6.45) is 17.4. The largest absolute Gasteiger partial charge is 0.392 e. The lowest BCUT2D eigenvalue weighted by Crippen LogP contribution is -2.51. The molecule has 0 aliphatic heterocycles. The van der Waals surface area contributed by atoms with Gasteiger partial charge in [-0.2, -0.15) is 0 Å². The minimum atomic E-state index is 0.209. The Morgan fingerprint density at radius 2 is 1.74 bits per heavy atom. The normalized spacial score (nSPS) is 43.3. The van der Waals surface area contributed by atoms with E-state index in [-0.39, 0.29) is 6.61 Å². The van der Waals surface area contributed by atoms with Crippen molar-refractivity contribution >= 4 is 0 Å². The maximum atomic E-state index is 9.31. The van der Waals surface area contributed by atoms with E-state index in [1.54, 1.807) is 0 Å². The predicted octanol–water partition coefficient (Wildman–Crippen LogP) is 8.48. The third-order valence-corrected chi connectivity index (χ3v) is 11.6. The molecule has 0 amide bonds. The molecule has 0 spiro atoms. The lowest BCUT2D eigenvalue weighted by Gasteiger charge is -2.61. The highest BCUT2D eigenvalue weighted by atomic mass is 16.3. The van der Waals surface area contributed by atoms with Gasteiger partial charge in [0.25, 0.3) is 0 Å². The zero-order valence-corrected chi connectivity index (χ0v) is 21.7. The lowest BCUT2D eigenvalue weighted by molar-refractivity contribution is -0.0199. The van der Waals surface area contributed by atoms with Gasteiger partial charge in [-0.1, -0.05) is 70.8 Å². The molecule has 1 N–H and O–H groups in total. The van der Waals surface area contributed by atoms with Crippen LogP contribution in [-0.4, -0.2) is 11.7 Å². The number of rotatable bonds is 5. The number of allylic oxidation sites excluding steroid dienone is 3. The van der Waals surface area contributed by atoms with Crippen LogP contribution in [0.3, 0.4) is 0 Å². The molecule has 0 aromatic carbocycles. The van der Waals surface area contributed by atoms with Crippen LogP contribution in [0.25, 0.3) is 0 Å². The Labute approximate surface area is 193 Å². The fourth-order valence-corrected chi connectivity index (χ4v) is 9.59. The van der Waals surface area contributed by atoms with Crippen molar-refractivity contribution in [3.05, 3.63) is 22.8 Å². The molecular weight excluding hydrogens is 376 g/mol. The van der Waals surface area contributed by atoms with Crippen LogP contribution in [0.2, 0.25) is 0 Å². The average Bonchev–Trinajstić information content (AvgIpc) is 2.98. The zero-order chi connectivity index (χ0) is 22.7. The highest BCUT2D eigenvalue weighted by molar-refractivity contribution is 5.38. The van der Waals surface area contributed by atoms with Crippen molar-refractivity contribution in [2.45, 2.75) is 119 Å². The fourth-order valence-electron chi connectivity index (χ4n) is 9.59. The molecule has 4 rings (SSSR count). The molecule has 2 saturated carbocycles. The second-order valence-corrected chi connectivity index (χ2v) is 13.5. The molecule has 0 bridgehead atoms. The van der Waals surface area contributed by atoms with Crippen molar-refractivity contribution in [2.24, 2.45) is 39.4 Å². The molecule has 176 valence electrons. The summed E-state index contributed by atoms with van der Waals surface area (Å²) < 4.78 is 0. The number of fused-ring (bicyclic) bond motifs is 4. The highest BCUT2D eigenvalue weighted by Gasteiger charge is 2.62. The molecule has 0 saturated heterocycles. The number of aliphatic hydroxyl groups excluding tert-OH is 1. The van der Waals surface area contributed by atoms with Crippen LogP contribution in [0.1, 0.15) is 119 Å². The van der Waals surface area contributed by atoms with E-state index in [1.807, 2.05) is 11.1 Å². The summed E-state index contributed by atoms with van der Waals surface area (Å²) in [7, 11) is 0. The molecule has 0 aromatic rings. The first-order chi connectivity index (χ1) is 14.5. The lowest BCUT2D eigenvalue weighted by atomic mass is 9.43. The smallest absolute Gasteiger partial charge is 0.0639 e. The van der Waals surface area contributed by atoms with Gasteiger partial charge in [0, 0.05) is 0 Å². The van der Waals surface area contributed by atoms with Crippen molar-refractivity contribution in [3.8, 4) is 0 Å². The Bertz CT molecular complexity index is 756. The molecule has 2 fully saturated rings. The molecule has 1 nitrogen and oxygen atoms in total. The Hall–Kier alpha value is -0.560. The monoisotopic (exact) mass is 426 g/mol. The summed E-state index contributed by atoms with van der Waals surface area (Å²) in [5.74, 6) is 2.51. The summed E-state index contributed by atoms with van der Waals surface area (Å²) in [6.45, 7) is 17.9. The Balaban J connectivity index is 1.61. The highest BCUT2D eigenvalue weighted by Crippen LogP contribution is 2.72. The first kappa shape index (κ1) is 23.6. The topological polar surface area (TPSA) is 20.2 Å². The van der Waals surface area contributed by atoms with Crippen molar-refractivity contribution in [2.75, 3.05) is 6.61 Å². The standard InChI is InChI=1S/C30H50O/c1-21(20-31)10-8-11-22(2)23-14-18-30(7)25-12-13-26-27(3,4)16-9-17-28(26,5)24(25)15-19-29(23,30)6/h10,22-23,26,31H,8-9,11-20H2,1-7H3/t22-,23-,26?,28-,29-,30+/m1/s1.